The van der Waals surface area contributed by atoms with Crippen LogP contribution in [-0.4, -0.2) is 52.7 Å². The molecule has 144 valence electrons. The summed E-state index contributed by atoms with van der Waals surface area (Å²) in [7, 11) is 3.10. The molecule has 0 aliphatic carbocycles. The van der Waals surface area contributed by atoms with Crippen molar-refractivity contribution in [2.75, 3.05) is 37.7 Å². The average Bonchev–Trinajstić information content (AvgIpc) is 2.67. The second-order valence-electron chi connectivity index (χ2n) is 6.71. The van der Waals surface area contributed by atoms with Gasteiger partial charge in [0.1, 0.15) is 11.6 Å². The minimum Gasteiger partial charge on any atom is -0.484 e. The van der Waals surface area contributed by atoms with Crippen LogP contribution in [0.3, 0.4) is 0 Å². The van der Waals surface area contributed by atoms with Crippen molar-refractivity contribution in [1.82, 2.24) is 14.0 Å². The van der Waals surface area contributed by atoms with E-state index in [0.717, 1.165) is 10.1 Å². The molecule has 1 amide bonds. The molecule has 0 saturated carbocycles. The fraction of sp³-hybridized carbons (Fsp3) is 0.421. The molecular weight excluding hydrogens is 348 g/mol. The molecule has 0 N–H and O–H groups in total. The van der Waals surface area contributed by atoms with Crippen LogP contribution >= 0.6 is 0 Å². The van der Waals surface area contributed by atoms with E-state index < -0.39 is 0 Å². The highest BCUT2D eigenvalue weighted by molar-refractivity contribution is 5.78. The summed E-state index contributed by atoms with van der Waals surface area (Å²) in [5.41, 5.74) is 0.383. The SMILES string of the molecule is Cc1cccc(OCC(=O)N2CCN(c3cc(=O)n(C)c(=O)n3C)CC2)c1. The molecule has 0 bridgehead atoms. The summed E-state index contributed by atoms with van der Waals surface area (Å²) in [6.07, 6.45) is 0. The maximum atomic E-state index is 12.4. The first kappa shape index (κ1) is 18.8. The van der Waals surface area contributed by atoms with Gasteiger partial charge in [-0.3, -0.25) is 18.7 Å². The average molecular weight is 372 g/mol. The molecule has 0 spiro atoms. The Hall–Kier alpha value is -3.03. The number of piperazine rings is 1. The zero-order valence-corrected chi connectivity index (χ0v) is 15.8. The van der Waals surface area contributed by atoms with Crippen LogP contribution in [-0.2, 0) is 18.9 Å². The van der Waals surface area contributed by atoms with E-state index in [0.29, 0.717) is 37.7 Å². The largest absolute Gasteiger partial charge is 0.484 e. The number of carbonyl (C=O) groups is 1. The number of nitrogens with zero attached hydrogens (tertiary/aromatic N) is 4. The van der Waals surface area contributed by atoms with Crippen molar-refractivity contribution in [3.63, 3.8) is 0 Å². The Labute approximate surface area is 157 Å². The van der Waals surface area contributed by atoms with Crippen molar-refractivity contribution < 1.29 is 9.53 Å². The highest BCUT2D eigenvalue weighted by atomic mass is 16.5. The molecule has 8 heteroatoms. The Morgan fingerprint density at radius 3 is 2.41 bits per heavy atom. The maximum Gasteiger partial charge on any atom is 0.332 e. The van der Waals surface area contributed by atoms with Gasteiger partial charge in [0, 0.05) is 46.3 Å². The Kier molecular flexibility index (Phi) is 5.34. The highest BCUT2D eigenvalue weighted by Gasteiger charge is 2.23. The number of amides is 1. The third kappa shape index (κ3) is 4.05. The van der Waals surface area contributed by atoms with E-state index in [2.05, 4.69) is 0 Å². The molecule has 3 rings (SSSR count). The third-order valence-electron chi connectivity index (χ3n) is 4.81. The number of benzene rings is 1. The maximum absolute atomic E-state index is 12.4. The van der Waals surface area contributed by atoms with Gasteiger partial charge in [-0.1, -0.05) is 12.1 Å². The van der Waals surface area contributed by atoms with Gasteiger partial charge in [0.25, 0.3) is 11.5 Å². The normalized spacial score (nSPS) is 14.3. The lowest BCUT2D eigenvalue weighted by Gasteiger charge is -2.36. The molecule has 1 aromatic heterocycles. The molecular formula is C19H24N4O4. The Morgan fingerprint density at radius 2 is 1.74 bits per heavy atom. The predicted octanol–water partition coefficient (Wildman–Crippen LogP) is 0.120. The van der Waals surface area contributed by atoms with E-state index in [9.17, 15) is 14.4 Å². The highest BCUT2D eigenvalue weighted by Crippen LogP contribution is 2.14. The van der Waals surface area contributed by atoms with Crippen LogP contribution in [0.4, 0.5) is 5.82 Å². The molecule has 27 heavy (non-hydrogen) atoms. The fourth-order valence-electron chi connectivity index (χ4n) is 3.15. The number of aromatic nitrogens is 2. The van der Waals surface area contributed by atoms with Crippen molar-refractivity contribution >= 4 is 11.7 Å². The van der Waals surface area contributed by atoms with E-state index >= 15 is 0 Å². The van der Waals surface area contributed by atoms with Crippen LogP contribution in [0.2, 0.25) is 0 Å². The van der Waals surface area contributed by atoms with Crippen molar-refractivity contribution in [3.8, 4) is 5.75 Å². The topological polar surface area (TPSA) is 76.8 Å². The zero-order chi connectivity index (χ0) is 19.6. The monoisotopic (exact) mass is 372 g/mol. The zero-order valence-electron chi connectivity index (χ0n) is 15.8. The number of hydrogen-bond acceptors (Lipinski definition) is 5. The molecule has 1 fully saturated rings. The van der Waals surface area contributed by atoms with Crippen LogP contribution < -0.4 is 20.9 Å². The van der Waals surface area contributed by atoms with Gasteiger partial charge in [-0.15, -0.1) is 0 Å². The lowest BCUT2D eigenvalue weighted by Crippen LogP contribution is -2.51. The molecule has 0 atom stereocenters. The predicted molar refractivity (Wildman–Crippen MR) is 102 cm³/mol. The van der Waals surface area contributed by atoms with Gasteiger partial charge in [-0.25, -0.2) is 4.79 Å². The number of rotatable bonds is 4. The summed E-state index contributed by atoms with van der Waals surface area (Å²) >= 11 is 0. The Bertz CT molecular complexity index is 955. The fourth-order valence-corrected chi connectivity index (χ4v) is 3.15. The molecule has 1 aromatic carbocycles. The first-order valence-corrected chi connectivity index (χ1v) is 8.86. The summed E-state index contributed by atoms with van der Waals surface area (Å²) in [6.45, 7) is 4.10. The van der Waals surface area contributed by atoms with Crippen molar-refractivity contribution in [3.05, 3.63) is 56.7 Å². The van der Waals surface area contributed by atoms with Crippen molar-refractivity contribution in [2.24, 2.45) is 14.1 Å². The van der Waals surface area contributed by atoms with E-state index in [1.54, 1.807) is 11.9 Å². The smallest absolute Gasteiger partial charge is 0.332 e. The van der Waals surface area contributed by atoms with Gasteiger partial charge >= 0.3 is 5.69 Å². The summed E-state index contributed by atoms with van der Waals surface area (Å²) in [6, 6.07) is 9.04. The van der Waals surface area contributed by atoms with Crippen LogP contribution in [0.1, 0.15) is 5.56 Å². The Morgan fingerprint density at radius 1 is 1.04 bits per heavy atom. The first-order valence-electron chi connectivity index (χ1n) is 8.86. The minimum atomic E-state index is -0.359. The second kappa shape index (κ2) is 7.69. The first-order chi connectivity index (χ1) is 12.9. The number of ether oxygens (including phenoxy) is 1. The number of anilines is 1. The molecule has 2 aromatic rings. The van der Waals surface area contributed by atoms with E-state index in [-0.39, 0.29) is 23.8 Å². The molecule has 1 aliphatic heterocycles. The summed E-state index contributed by atoms with van der Waals surface area (Å²) in [5.74, 6) is 1.18. The van der Waals surface area contributed by atoms with Gasteiger partial charge in [0.2, 0.25) is 0 Å². The van der Waals surface area contributed by atoms with Gasteiger partial charge in [-0.2, -0.15) is 0 Å². The molecule has 1 saturated heterocycles. The summed E-state index contributed by atoms with van der Waals surface area (Å²) in [4.78, 5) is 40.1. The lowest BCUT2D eigenvalue weighted by atomic mass is 10.2. The quantitative estimate of drug-likeness (QED) is 0.762. The number of aryl methyl sites for hydroxylation is 1. The Balaban J connectivity index is 1.60. The molecule has 1 aliphatic rings. The minimum absolute atomic E-state index is 0.00613. The van der Waals surface area contributed by atoms with E-state index in [1.165, 1.54) is 17.7 Å². The van der Waals surface area contributed by atoms with Gasteiger partial charge in [0.05, 0.1) is 0 Å². The van der Waals surface area contributed by atoms with Gasteiger partial charge < -0.3 is 14.5 Å². The van der Waals surface area contributed by atoms with Crippen molar-refractivity contribution in [2.45, 2.75) is 6.92 Å². The van der Waals surface area contributed by atoms with Gasteiger partial charge in [-0.05, 0) is 24.6 Å². The van der Waals surface area contributed by atoms with Crippen LogP contribution in [0.25, 0.3) is 0 Å². The van der Waals surface area contributed by atoms with Crippen LogP contribution in [0.5, 0.6) is 5.75 Å². The lowest BCUT2D eigenvalue weighted by molar-refractivity contribution is -0.133. The van der Waals surface area contributed by atoms with Gasteiger partial charge in [0.15, 0.2) is 6.61 Å². The summed E-state index contributed by atoms with van der Waals surface area (Å²) < 4.78 is 8.12. The van der Waals surface area contributed by atoms with E-state index in [1.807, 2.05) is 36.1 Å². The second-order valence-corrected chi connectivity index (χ2v) is 6.71. The van der Waals surface area contributed by atoms with E-state index in [4.69, 9.17) is 4.74 Å². The van der Waals surface area contributed by atoms with Crippen molar-refractivity contribution in [1.29, 1.82) is 0 Å². The number of hydrogen-bond donors (Lipinski definition) is 0. The summed E-state index contributed by atoms with van der Waals surface area (Å²) in [5, 5.41) is 0. The standard InChI is InChI=1S/C19H24N4O4/c1-14-5-4-6-15(11-14)27-13-18(25)23-9-7-22(8-10-23)16-12-17(24)21(3)19(26)20(16)2/h4-6,11-12H,7-10,13H2,1-3H3. The molecule has 0 radical (unpaired) electrons. The molecule has 2 heterocycles. The van der Waals surface area contributed by atoms with Crippen LogP contribution in [0, 0.1) is 6.92 Å². The number of carbonyl (C=O) groups excluding carboxylic acids is 1. The molecule has 0 unspecified atom stereocenters. The van der Waals surface area contributed by atoms with Crippen LogP contribution in [0.15, 0.2) is 39.9 Å². The molecule has 8 nitrogen and oxygen atoms in total. The third-order valence-corrected chi connectivity index (χ3v) is 4.81.